The minimum Gasteiger partial charge on any atom is -0.360 e. The second-order valence-electron chi connectivity index (χ2n) is 7.22. The van der Waals surface area contributed by atoms with Crippen LogP contribution in [-0.2, 0) is 14.8 Å². The van der Waals surface area contributed by atoms with E-state index in [1.54, 1.807) is 13.8 Å². The molecule has 9 heteroatoms. The van der Waals surface area contributed by atoms with E-state index in [-0.39, 0.29) is 22.8 Å². The molecule has 0 aliphatic carbocycles. The molecule has 0 aromatic carbocycles. The molecule has 2 aliphatic rings. The average Bonchev–Trinajstić information content (AvgIpc) is 3.21. The zero-order valence-corrected chi connectivity index (χ0v) is 16.5. The summed E-state index contributed by atoms with van der Waals surface area (Å²) >= 11 is 0. The lowest BCUT2D eigenvalue weighted by Crippen LogP contribution is -2.47. The quantitative estimate of drug-likeness (QED) is 0.810. The smallest absolute Gasteiger partial charge is 0.248 e. The molecular formula is C17H28N4O4S. The molecule has 8 nitrogen and oxygen atoms in total. The van der Waals surface area contributed by atoms with Crippen LogP contribution in [-0.4, -0.2) is 68.0 Å². The fourth-order valence-electron chi connectivity index (χ4n) is 4.12. The number of hydrogen-bond donors (Lipinski definition) is 1. The Balaban J connectivity index is 1.65. The van der Waals surface area contributed by atoms with E-state index in [9.17, 15) is 13.2 Å². The summed E-state index contributed by atoms with van der Waals surface area (Å²) in [6.45, 7) is 5.57. The van der Waals surface area contributed by atoms with Gasteiger partial charge in [-0.2, -0.15) is 4.31 Å². The zero-order valence-electron chi connectivity index (χ0n) is 15.7. The van der Waals surface area contributed by atoms with Crippen LogP contribution in [0.15, 0.2) is 9.42 Å². The highest BCUT2D eigenvalue weighted by Crippen LogP contribution is 2.29. The number of piperidine rings is 1. The van der Waals surface area contributed by atoms with Crippen molar-refractivity contribution < 1.29 is 17.7 Å². The molecule has 0 saturated carbocycles. The number of amides is 1. The Morgan fingerprint density at radius 3 is 2.50 bits per heavy atom. The van der Waals surface area contributed by atoms with Crippen LogP contribution in [0.3, 0.4) is 0 Å². The van der Waals surface area contributed by atoms with Crippen LogP contribution in [0.25, 0.3) is 0 Å². The van der Waals surface area contributed by atoms with Gasteiger partial charge in [0.15, 0.2) is 5.76 Å². The SMILES string of the molecule is CNCC1CCCN1C(=O)C1CCN(S(=O)(=O)c2c(C)noc2C)CC1. The summed E-state index contributed by atoms with van der Waals surface area (Å²) in [5.74, 6) is 0.397. The van der Waals surface area contributed by atoms with E-state index in [1.165, 1.54) is 4.31 Å². The van der Waals surface area contributed by atoms with Gasteiger partial charge >= 0.3 is 0 Å². The number of likely N-dealkylation sites (tertiary alicyclic amines) is 1. The van der Waals surface area contributed by atoms with Crippen LogP contribution < -0.4 is 5.32 Å². The lowest BCUT2D eigenvalue weighted by atomic mass is 9.96. The Hall–Kier alpha value is -1.45. The molecule has 0 spiro atoms. The number of rotatable bonds is 5. The Kier molecular flexibility index (Phi) is 5.69. The summed E-state index contributed by atoms with van der Waals surface area (Å²) in [5.41, 5.74) is 0.382. The first-order valence-electron chi connectivity index (χ1n) is 9.24. The molecule has 0 bridgehead atoms. The predicted octanol–water partition coefficient (Wildman–Crippen LogP) is 0.903. The summed E-state index contributed by atoms with van der Waals surface area (Å²) in [6.07, 6.45) is 3.19. The van der Waals surface area contributed by atoms with Gasteiger partial charge in [0.25, 0.3) is 0 Å². The van der Waals surface area contributed by atoms with Crippen molar-refractivity contribution in [2.75, 3.05) is 33.2 Å². The first kappa shape index (κ1) is 19.3. The Bertz CT molecular complexity index is 733. The first-order chi connectivity index (χ1) is 12.4. The van der Waals surface area contributed by atoms with Crippen molar-refractivity contribution in [3.8, 4) is 0 Å². The normalized spacial score (nSPS) is 22.9. The molecule has 3 rings (SSSR count). The van der Waals surface area contributed by atoms with Gasteiger partial charge in [0, 0.05) is 38.1 Å². The van der Waals surface area contributed by atoms with Crippen LogP contribution in [0.1, 0.15) is 37.1 Å². The number of aryl methyl sites for hydroxylation is 2. The van der Waals surface area contributed by atoms with E-state index in [4.69, 9.17) is 4.52 Å². The molecule has 1 N–H and O–H groups in total. The molecule has 1 aromatic rings. The highest BCUT2D eigenvalue weighted by atomic mass is 32.2. The zero-order chi connectivity index (χ0) is 18.9. The maximum absolute atomic E-state index is 12.9. The van der Waals surface area contributed by atoms with Gasteiger partial charge in [-0.3, -0.25) is 4.79 Å². The summed E-state index contributed by atoms with van der Waals surface area (Å²) < 4.78 is 32.2. The van der Waals surface area contributed by atoms with Crippen LogP contribution in [0.5, 0.6) is 0 Å². The number of nitrogens with one attached hydrogen (secondary N) is 1. The molecule has 1 atom stereocenters. The minimum absolute atomic E-state index is 0.0939. The number of likely N-dealkylation sites (N-methyl/N-ethyl adjacent to an activating group) is 1. The number of hydrogen-bond acceptors (Lipinski definition) is 6. The standard InChI is InChI=1S/C17H28N4O4S/c1-12-16(13(2)25-19-12)26(23,24)20-9-6-14(7-10-20)17(22)21-8-4-5-15(21)11-18-3/h14-15,18H,4-11H2,1-3H3. The maximum atomic E-state index is 12.9. The molecular weight excluding hydrogens is 356 g/mol. The first-order valence-corrected chi connectivity index (χ1v) is 10.7. The Morgan fingerprint density at radius 2 is 1.92 bits per heavy atom. The van der Waals surface area contributed by atoms with E-state index in [0.717, 1.165) is 25.9 Å². The van der Waals surface area contributed by atoms with Gasteiger partial charge in [-0.05, 0) is 46.6 Å². The molecule has 1 amide bonds. The molecule has 2 aliphatic heterocycles. The van der Waals surface area contributed by atoms with Crippen LogP contribution in [0.2, 0.25) is 0 Å². The number of carbonyl (C=O) groups is 1. The van der Waals surface area contributed by atoms with Crippen molar-refractivity contribution in [3.05, 3.63) is 11.5 Å². The molecule has 3 heterocycles. The van der Waals surface area contributed by atoms with Gasteiger partial charge in [0.05, 0.1) is 0 Å². The fraction of sp³-hybridized carbons (Fsp3) is 0.765. The second kappa shape index (κ2) is 7.66. The highest BCUT2D eigenvalue weighted by molar-refractivity contribution is 7.89. The molecule has 146 valence electrons. The highest BCUT2D eigenvalue weighted by Gasteiger charge is 2.38. The predicted molar refractivity (Wildman–Crippen MR) is 96.1 cm³/mol. The fourth-order valence-corrected chi connectivity index (χ4v) is 5.88. The monoisotopic (exact) mass is 384 g/mol. The summed E-state index contributed by atoms with van der Waals surface area (Å²) in [6, 6.07) is 0.261. The number of nitrogens with zero attached hydrogens (tertiary/aromatic N) is 3. The van der Waals surface area contributed by atoms with Gasteiger partial charge in [-0.25, -0.2) is 8.42 Å². The van der Waals surface area contributed by atoms with Crippen LogP contribution in [0.4, 0.5) is 0 Å². The van der Waals surface area contributed by atoms with E-state index >= 15 is 0 Å². The summed E-state index contributed by atoms with van der Waals surface area (Å²) in [5, 5.41) is 6.91. The molecule has 2 saturated heterocycles. The van der Waals surface area contributed by atoms with Crippen LogP contribution in [0, 0.1) is 19.8 Å². The number of aromatic nitrogens is 1. The van der Waals surface area contributed by atoms with Crippen molar-refractivity contribution in [2.45, 2.75) is 50.5 Å². The topological polar surface area (TPSA) is 95.8 Å². The van der Waals surface area contributed by atoms with Crippen molar-refractivity contribution in [1.82, 2.24) is 19.7 Å². The van der Waals surface area contributed by atoms with Crippen molar-refractivity contribution in [2.24, 2.45) is 5.92 Å². The largest absolute Gasteiger partial charge is 0.360 e. The van der Waals surface area contributed by atoms with Crippen LogP contribution >= 0.6 is 0 Å². The van der Waals surface area contributed by atoms with Gasteiger partial charge in [0.2, 0.25) is 15.9 Å². The third-order valence-corrected chi connectivity index (χ3v) is 7.61. The molecule has 26 heavy (non-hydrogen) atoms. The van der Waals surface area contributed by atoms with Crippen molar-refractivity contribution in [3.63, 3.8) is 0 Å². The summed E-state index contributed by atoms with van der Waals surface area (Å²) in [4.78, 5) is 15.0. The lowest BCUT2D eigenvalue weighted by Gasteiger charge is -2.34. The molecule has 1 aromatic heterocycles. The van der Waals surface area contributed by atoms with Gasteiger partial charge in [-0.15, -0.1) is 0 Å². The van der Waals surface area contributed by atoms with Gasteiger partial charge < -0.3 is 14.7 Å². The number of sulfonamides is 1. The third-order valence-electron chi connectivity index (χ3n) is 5.47. The van der Waals surface area contributed by atoms with Gasteiger partial charge in [-0.1, -0.05) is 5.16 Å². The van der Waals surface area contributed by atoms with E-state index < -0.39 is 10.0 Å². The summed E-state index contributed by atoms with van der Waals surface area (Å²) in [7, 11) is -1.72. The van der Waals surface area contributed by atoms with E-state index in [0.29, 0.717) is 37.4 Å². The minimum atomic E-state index is -3.63. The van der Waals surface area contributed by atoms with E-state index in [1.807, 2.05) is 11.9 Å². The van der Waals surface area contributed by atoms with Crippen molar-refractivity contribution >= 4 is 15.9 Å². The van der Waals surface area contributed by atoms with E-state index in [2.05, 4.69) is 10.5 Å². The molecule has 1 unspecified atom stereocenters. The second-order valence-corrected chi connectivity index (χ2v) is 9.09. The Morgan fingerprint density at radius 1 is 1.23 bits per heavy atom. The van der Waals surface area contributed by atoms with Crippen molar-refractivity contribution in [1.29, 1.82) is 0 Å². The average molecular weight is 385 g/mol. The lowest BCUT2D eigenvalue weighted by molar-refractivity contribution is -0.137. The maximum Gasteiger partial charge on any atom is 0.248 e. The van der Waals surface area contributed by atoms with Gasteiger partial charge in [0.1, 0.15) is 10.6 Å². The molecule has 0 radical (unpaired) electrons. The number of carbonyl (C=O) groups excluding carboxylic acids is 1. The molecule has 2 fully saturated rings. The Labute approximate surface area is 154 Å². The third kappa shape index (κ3) is 3.52.